The average Bonchev–Trinajstić information content (AvgIpc) is 2.33. The van der Waals surface area contributed by atoms with Crippen LogP contribution in [0.25, 0.3) is 0 Å². The van der Waals surface area contributed by atoms with Crippen LogP contribution in [0.3, 0.4) is 0 Å². The third-order valence-corrected chi connectivity index (χ3v) is 3.68. The van der Waals surface area contributed by atoms with Gasteiger partial charge in [0, 0.05) is 18.3 Å². The zero-order chi connectivity index (χ0) is 9.95. The Kier molecular flexibility index (Phi) is 3.35. The quantitative estimate of drug-likeness (QED) is 0.743. The highest BCUT2D eigenvalue weighted by Gasteiger charge is 2.27. The molecule has 1 fully saturated rings. The number of rotatable bonds is 4. The topological polar surface area (TPSA) is 46.2 Å². The van der Waals surface area contributed by atoms with Crippen molar-refractivity contribution in [1.82, 2.24) is 5.32 Å². The van der Waals surface area contributed by atoms with E-state index < -0.39 is 9.84 Å². The van der Waals surface area contributed by atoms with Gasteiger partial charge in [-0.25, -0.2) is 8.42 Å². The van der Waals surface area contributed by atoms with E-state index in [0.29, 0.717) is 6.54 Å². The van der Waals surface area contributed by atoms with Gasteiger partial charge in [-0.1, -0.05) is 12.8 Å². The third kappa shape index (κ3) is 4.09. The second-order valence-electron chi connectivity index (χ2n) is 4.32. The molecule has 0 atom stereocenters. The number of sulfone groups is 1. The van der Waals surface area contributed by atoms with E-state index >= 15 is 0 Å². The molecule has 0 aromatic rings. The summed E-state index contributed by atoms with van der Waals surface area (Å²) in [7, 11) is -2.81. The van der Waals surface area contributed by atoms with Crippen LogP contribution in [-0.4, -0.2) is 32.5 Å². The maximum atomic E-state index is 10.9. The molecule has 1 aliphatic carbocycles. The summed E-state index contributed by atoms with van der Waals surface area (Å²) in [5, 5.41) is 3.34. The maximum absolute atomic E-state index is 10.9. The molecular formula is C9H19NO2S. The highest BCUT2D eigenvalue weighted by atomic mass is 32.2. The van der Waals surface area contributed by atoms with Crippen LogP contribution in [-0.2, 0) is 9.84 Å². The fourth-order valence-corrected chi connectivity index (χ4v) is 2.34. The van der Waals surface area contributed by atoms with Crippen molar-refractivity contribution in [1.29, 1.82) is 0 Å². The molecule has 78 valence electrons. The largest absolute Gasteiger partial charge is 0.311 e. The zero-order valence-electron chi connectivity index (χ0n) is 8.47. The van der Waals surface area contributed by atoms with Gasteiger partial charge in [-0.3, -0.25) is 0 Å². The minimum Gasteiger partial charge on any atom is -0.311 e. The Balaban J connectivity index is 2.26. The minimum atomic E-state index is -2.81. The summed E-state index contributed by atoms with van der Waals surface area (Å²) < 4.78 is 21.7. The smallest absolute Gasteiger partial charge is 0.148 e. The summed E-state index contributed by atoms with van der Waals surface area (Å²) in [5.74, 6) is 0.253. The predicted octanol–water partition coefficient (Wildman–Crippen LogP) is 0.953. The van der Waals surface area contributed by atoms with Gasteiger partial charge in [0.2, 0.25) is 0 Å². The van der Waals surface area contributed by atoms with Crippen molar-refractivity contribution in [3.8, 4) is 0 Å². The Morgan fingerprint density at radius 1 is 1.31 bits per heavy atom. The summed E-state index contributed by atoms with van der Waals surface area (Å²) in [6.45, 7) is 2.78. The first-order valence-electron chi connectivity index (χ1n) is 4.84. The van der Waals surface area contributed by atoms with Gasteiger partial charge in [0.15, 0.2) is 0 Å². The van der Waals surface area contributed by atoms with Crippen LogP contribution in [0.4, 0.5) is 0 Å². The highest BCUT2D eigenvalue weighted by molar-refractivity contribution is 7.90. The van der Waals surface area contributed by atoms with Gasteiger partial charge < -0.3 is 5.32 Å². The van der Waals surface area contributed by atoms with E-state index in [1.54, 1.807) is 0 Å². The molecular weight excluding hydrogens is 186 g/mol. The molecule has 0 bridgehead atoms. The molecule has 0 heterocycles. The van der Waals surface area contributed by atoms with Crippen molar-refractivity contribution in [3.05, 3.63) is 0 Å². The molecule has 0 aromatic heterocycles. The highest BCUT2D eigenvalue weighted by Crippen LogP contribution is 2.28. The summed E-state index contributed by atoms with van der Waals surface area (Å²) in [6, 6.07) is 0. The Hall–Kier alpha value is -0.0900. The normalized spacial score (nSPS) is 22.0. The molecule has 4 heteroatoms. The second-order valence-corrected chi connectivity index (χ2v) is 6.58. The Morgan fingerprint density at radius 2 is 1.85 bits per heavy atom. The van der Waals surface area contributed by atoms with Gasteiger partial charge in [0.25, 0.3) is 0 Å². The molecule has 0 saturated heterocycles. The lowest BCUT2D eigenvalue weighted by Gasteiger charge is -2.25. The van der Waals surface area contributed by atoms with Crippen LogP contribution in [0.1, 0.15) is 32.6 Å². The van der Waals surface area contributed by atoms with E-state index in [0.717, 1.165) is 0 Å². The van der Waals surface area contributed by atoms with Crippen LogP contribution in [0.5, 0.6) is 0 Å². The molecule has 0 unspecified atom stereocenters. The van der Waals surface area contributed by atoms with Crippen molar-refractivity contribution >= 4 is 9.84 Å². The number of hydrogen-bond acceptors (Lipinski definition) is 3. The van der Waals surface area contributed by atoms with E-state index in [4.69, 9.17) is 0 Å². The summed E-state index contributed by atoms with van der Waals surface area (Å²) in [5.41, 5.74) is 0.199. The van der Waals surface area contributed by atoms with Gasteiger partial charge in [0.05, 0.1) is 5.75 Å². The lowest BCUT2D eigenvalue weighted by atomic mass is 10.0. The summed E-state index contributed by atoms with van der Waals surface area (Å²) >= 11 is 0. The fraction of sp³-hybridized carbons (Fsp3) is 1.00. The molecule has 13 heavy (non-hydrogen) atoms. The summed E-state index contributed by atoms with van der Waals surface area (Å²) in [4.78, 5) is 0. The Bertz CT molecular complexity index is 253. The monoisotopic (exact) mass is 205 g/mol. The molecule has 0 spiro atoms. The molecule has 0 amide bonds. The van der Waals surface area contributed by atoms with Gasteiger partial charge in [0.1, 0.15) is 9.84 Å². The predicted molar refractivity (Wildman–Crippen MR) is 54.6 cm³/mol. The Morgan fingerprint density at radius 3 is 2.31 bits per heavy atom. The van der Waals surface area contributed by atoms with Gasteiger partial charge in [-0.2, -0.15) is 0 Å². The molecule has 1 rings (SSSR count). The third-order valence-electron chi connectivity index (χ3n) is 2.73. The first-order chi connectivity index (χ1) is 5.91. The molecule has 1 N–H and O–H groups in total. The van der Waals surface area contributed by atoms with Crippen LogP contribution in [0.15, 0.2) is 0 Å². The summed E-state index contributed by atoms with van der Waals surface area (Å²) in [6.07, 6.45) is 6.17. The number of hydrogen-bond donors (Lipinski definition) is 1. The van der Waals surface area contributed by atoms with Crippen molar-refractivity contribution in [2.24, 2.45) is 0 Å². The molecule has 0 aliphatic heterocycles. The van der Waals surface area contributed by atoms with Crippen LogP contribution in [0, 0.1) is 0 Å². The van der Waals surface area contributed by atoms with Crippen molar-refractivity contribution < 1.29 is 8.42 Å². The van der Waals surface area contributed by atoms with E-state index in [1.807, 2.05) is 0 Å². The van der Waals surface area contributed by atoms with Crippen molar-refractivity contribution in [2.45, 2.75) is 38.1 Å². The van der Waals surface area contributed by atoms with Crippen LogP contribution < -0.4 is 5.32 Å². The molecule has 1 aliphatic rings. The SMILES string of the molecule is CC1(NCCS(C)(=O)=O)CCCC1. The molecule has 1 saturated carbocycles. The lowest BCUT2D eigenvalue weighted by molar-refractivity contribution is 0.375. The first-order valence-corrected chi connectivity index (χ1v) is 6.90. The molecule has 3 nitrogen and oxygen atoms in total. The van der Waals surface area contributed by atoms with E-state index in [9.17, 15) is 8.42 Å². The van der Waals surface area contributed by atoms with Gasteiger partial charge >= 0.3 is 0 Å². The van der Waals surface area contributed by atoms with Gasteiger partial charge in [-0.05, 0) is 19.8 Å². The average molecular weight is 205 g/mol. The number of nitrogens with one attached hydrogen (secondary N) is 1. The van der Waals surface area contributed by atoms with Crippen molar-refractivity contribution in [2.75, 3.05) is 18.6 Å². The second kappa shape index (κ2) is 3.96. The molecule has 0 radical (unpaired) electrons. The van der Waals surface area contributed by atoms with E-state index in [-0.39, 0.29) is 11.3 Å². The molecule has 0 aromatic carbocycles. The lowest BCUT2D eigenvalue weighted by Crippen LogP contribution is -2.41. The maximum Gasteiger partial charge on any atom is 0.148 e. The van der Waals surface area contributed by atoms with E-state index in [2.05, 4.69) is 12.2 Å². The fourth-order valence-electron chi connectivity index (χ4n) is 1.87. The van der Waals surface area contributed by atoms with Crippen LogP contribution in [0.2, 0.25) is 0 Å². The van der Waals surface area contributed by atoms with Gasteiger partial charge in [-0.15, -0.1) is 0 Å². The Labute approximate surface area is 80.8 Å². The van der Waals surface area contributed by atoms with E-state index in [1.165, 1.54) is 31.9 Å². The zero-order valence-corrected chi connectivity index (χ0v) is 9.28. The standard InChI is InChI=1S/C9H19NO2S/c1-9(5-3-4-6-9)10-7-8-13(2,11)12/h10H,3-8H2,1-2H3. The van der Waals surface area contributed by atoms with Crippen molar-refractivity contribution in [3.63, 3.8) is 0 Å². The minimum absolute atomic E-state index is 0.199. The first kappa shape index (κ1) is 11.0. The van der Waals surface area contributed by atoms with Crippen LogP contribution >= 0.6 is 0 Å².